The Kier molecular flexibility index (Phi) is 7.46. The molecule has 2 N–H and O–H groups in total. The second-order valence-electron chi connectivity index (χ2n) is 13.4. The van der Waals surface area contributed by atoms with Gasteiger partial charge >= 0.3 is 24.0 Å². The third-order valence-corrected chi connectivity index (χ3v) is 13.8. The van der Waals surface area contributed by atoms with Crippen LogP contribution in [0.25, 0.3) is 0 Å². The van der Waals surface area contributed by atoms with Gasteiger partial charge in [-0.3, -0.25) is 9.69 Å². The van der Waals surface area contributed by atoms with Crippen molar-refractivity contribution in [1.29, 1.82) is 0 Å². The zero-order valence-electron chi connectivity index (χ0n) is 24.3. The lowest BCUT2D eigenvalue weighted by Crippen LogP contribution is -2.56. The van der Waals surface area contributed by atoms with Gasteiger partial charge in [-0.15, -0.1) is 0 Å². The molecule has 4 aliphatic carbocycles. The van der Waals surface area contributed by atoms with Gasteiger partial charge in [-0.05, 0) is 92.7 Å². The molecule has 5 aliphatic rings. The average Bonchev–Trinajstić information content (AvgIpc) is 3.42. The summed E-state index contributed by atoms with van der Waals surface area (Å²) >= 11 is 0. The average molecular weight is 682 g/mol. The van der Waals surface area contributed by atoms with E-state index in [2.05, 4.69) is 0 Å². The number of halogens is 8. The first-order valence-electron chi connectivity index (χ1n) is 14.9. The van der Waals surface area contributed by atoms with E-state index in [1.54, 1.807) is 4.90 Å². The minimum Gasteiger partial charge on any atom is -0.481 e. The number of benzene rings is 2. The van der Waals surface area contributed by atoms with Gasteiger partial charge in [0.05, 0.1) is 10.3 Å². The molecule has 3 saturated carbocycles. The smallest absolute Gasteiger partial charge is 0.435 e. The Morgan fingerprint density at radius 1 is 0.891 bits per heavy atom. The van der Waals surface area contributed by atoms with E-state index >= 15 is 4.39 Å². The molecule has 6 nitrogen and oxygen atoms in total. The van der Waals surface area contributed by atoms with E-state index < -0.39 is 79.5 Å². The Bertz CT molecular complexity index is 1620. The number of carbonyl (C=O) groups is 1. The number of carboxylic acid groups (broad SMARTS) is 1. The first-order chi connectivity index (χ1) is 21.2. The van der Waals surface area contributed by atoms with Gasteiger partial charge in [-0.25, -0.2) is 17.2 Å². The second-order valence-corrected chi connectivity index (χ2v) is 15.6. The van der Waals surface area contributed by atoms with Crippen molar-refractivity contribution in [2.24, 2.45) is 16.7 Å². The molecule has 0 radical (unpaired) electrons. The predicted molar refractivity (Wildman–Crippen MR) is 146 cm³/mol. The zero-order valence-corrected chi connectivity index (χ0v) is 25.1. The third kappa shape index (κ3) is 4.46. The number of likely N-dealkylation sites (tertiary alicyclic amines) is 1. The number of hydrogen-bond acceptors (Lipinski definition) is 5. The Balaban J connectivity index is 1.46. The highest BCUT2D eigenvalue weighted by Crippen LogP contribution is 2.61. The topological polar surface area (TPSA) is 94.9 Å². The number of sulfone groups is 1. The number of hydrogen-bond donors (Lipinski definition) is 2. The van der Waals surface area contributed by atoms with Crippen molar-refractivity contribution in [3.05, 3.63) is 65.0 Å². The molecule has 252 valence electrons. The van der Waals surface area contributed by atoms with Crippen LogP contribution in [0.5, 0.6) is 0 Å². The number of nitrogens with zero attached hydrogens (tertiary/aromatic N) is 1. The van der Waals surface area contributed by atoms with Gasteiger partial charge in [0, 0.05) is 24.1 Å². The van der Waals surface area contributed by atoms with Crippen LogP contribution in [-0.4, -0.2) is 61.2 Å². The highest BCUT2D eigenvalue weighted by Gasteiger charge is 2.74. The molecule has 1 heterocycles. The van der Waals surface area contributed by atoms with Crippen LogP contribution in [0.3, 0.4) is 0 Å². The fourth-order valence-corrected chi connectivity index (χ4v) is 10.9. The number of alkyl halides is 7. The first-order valence-corrected chi connectivity index (χ1v) is 16.3. The summed E-state index contributed by atoms with van der Waals surface area (Å²) in [5, 5.41) is 21.6. The van der Waals surface area contributed by atoms with Gasteiger partial charge in [-0.1, -0.05) is 18.2 Å². The van der Waals surface area contributed by atoms with Crippen molar-refractivity contribution < 1.29 is 58.5 Å². The molecule has 7 rings (SSSR count). The Morgan fingerprint density at radius 3 is 1.98 bits per heavy atom. The largest absolute Gasteiger partial charge is 0.481 e. The summed E-state index contributed by atoms with van der Waals surface area (Å²) in [6.07, 6.45) is -12.0. The SMILES string of the molecule is O=C(O)C12CCC(C(O)N3CC4CCc5cc(C(F)(C(F)(F)F)C(F)(F)F)ccc5C4(S(=O)(=O)c4ccc(F)cc4)C3)(CC1)CC2. The summed E-state index contributed by atoms with van der Waals surface area (Å²) in [6.45, 7) is -0.386. The van der Waals surface area contributed by atoms with Gasteiger partial charge in [-0.2, -0.15) is 26.3 Å². The quantitative estimate of drug-likeness (QED) is 0.271. The van der Waals surface area contributed by atoms with E-state index in [0.717, 1.165) is 30.3 Å². The summed E-state index contributed by atoms with van der Waals surface area (Å²) in [6, 6.07) is 5.41. The number of aliphatic hydroxyl groups is 1. The maximum atomic E-state index is 15.1. The predicted octanol–water partition coefficient (Wildman–Crippen LogP) is 6.41. The van der Waals surface area contributed by atoms with E-state index in [1.165, 1.54) is 0 Å². The number of aryl methyl sites for hydroxylation is 1. The van der Waals surface area contributed by atoms with Gasteiger partial charge in [0.1, 0.15) is 16.8 Å². The van der Waals surface area contributed by atoms with Gasteiger partial charge in [0.25, 0.3) is 0 Å². The van der Waals surface area contributed by atoms with Gasteiger partial charge < -0.3 is 10.2 Å². The molecule has 1 saturated heterocycles. The van der Waals surface area contributed by atoms with Crippen molar-refractivity contribution in [2.75, 3.05) is 13.1 Å². The fraction of sp³-hybridized carbons (Fsp3) is 0.581. The van der Waals surface area contributed by atoms with Crippen molar-refractivity contribution in [1.82, 2.24) is 4.90 Å². The highest BCUT2D eigenvalue weighted by atomic mass is 32.2. The molecule has 0 amide bonds. The molecule has 3 unspecified atom stereocenters. The summed E-state index contributed by atoms with van der Waals surface area (Å²) in [4.78, 5) is 13.2. The monoisotopic (exact) mass is 681 g/mol. The molecular formula is C31H31F8NO5S. The fourth-order valence-electron chi connectivity index (χ4n) is 8.57. The van der Waals surface area contributed by atoms with E-state index in [9.17, 15) is 54.2 Å². The number of carboxylic acids is 1. The minimum absolute atomic E-state index is 0.00670. The van der Waals surface area contributed by atoms with E-state index in [0.29, 0.717) is 50.7 Å². The first kappa shape index (κ1) is 33.1. The van der Waals surface area contributed by atoms with Crippen LogP contribution in [0.1, 0.15) is 61.6 Å². The van der Waals surface area contributed by atoms with E-state index in [4.69, 9.17) is 0 Å². The maximum Gasteiger partial charge on any atom is 0.435 e. The van der Waals surface area contributed by atoms with Crippen LogP contribution in [0, 0.1) is 22.6 Å². The van der Waals surface area contributed by atoms with Gasteiger partial charge in [0.2, 0.25) is 0 Å². The van der Waals surface area contributed by atoms with Crippen LogP contribution < -0.4 is 0 Å². The number of fused-ring (bicyclic) bond motifs is 6. The molecule has 0 spiro atoms. The number of rotatable bonds is 6. The van der Waals surface area contributed by atoms with Crippen LogP contribution in [-0.2, 0) is 31.5 Å². The molecule has 0 aromatic heterocycles. The molecular weight excluding hydrogens is 650 g/mol. The standard InChI is InChI=1S/C31H31F8NO5S/c32-21-4-6-22(7-5-21)46(44,45)28-17-40(24(41)26-9-12-27(13-10-26,14-11-26)25(42)43)16-20(28)2-1-18-15-19(3-8-23(18)28)29(33,30(34,35)36)31(37,38)39/h3-8,15,20,24,41H,1-2,9-14,16-17H2,(H,42,43). The van der Waals surface area contributed by atoms with Crippen LogP contribution in [0.2, 0.25) is 0 Å². The Labute approximate surface area is 259 Å². The van der Waals surface area contributed by atoms with Crippen LogP contribution >= 0.6 is 0 Å². The highest BCUT2D eigenvalue weighted by molar-refractivity contribution is 7.92. The normalized spacial score (nSPS) is 30.9. The summed E-state index contributed by atoms with van der Waals surface area (Å²) in [5.74, 6) is -2.44. The molecule has 46 heavy (non-hydrogen) atoms. The van der Waals surface area contributed by atoms with Crippen molar-refractivity contribution >= 4 is 15.8 Å². The summed E-state index contributed by atoms with van der Waals surface area (Å²) < 4.78 is 138. The number of aliphatic hydroxyl groups excluding tert-OH is 1. The Hall–Kier alpha value is -2.78. The molecule has 2 bridgehead atoms. The lowest BCUT2D eigenvalue weighted by molar-refractivity contribution is -0.348. The summed E-state index contributed by atoms with van der Waals surface area (Å²) in [7, 11) is -4.57. The molecule has 1 aliphatic heterocycles. The molecule has 15 heteroatoms. The molecule has 2 aromatic carbocycles. The Morgan fingerprint density at radius 2 is 1.46 bits per heavy atom. The second kappa shape index (κ2) is 10.4. The lowest BCUT2D eigenvalue weighted by atomic mass is 9.53. The molecule has 2 aromatic rings. The maximum absolute atomic E-state index is 15.1. The van der Waals surface area contributed by atoms with Crippen molar-refractivity contribution in [3.8, 4) is 0 Å². The van der Waals surface area contributed by atoms with E-state index in [-0.39, 0.29) is 35.4 Å². The zero-order chi connectivity index (χ0) is 33.7. The molecule has 3 atom stereocenters. The van der Waals surface area contributed by atoms with Crippen LogP contribution in [0.15, 0.2) is 47.4 Å². The summed E-state index contributed by atoms with van der Waals surface area (Å²) in [5.41, 5.74) is -9.37. The van der Waals surface area contributed by atoms with Crippen molar-refractivity contribution in [3.63, 3.8) is 0 Å². The third-order valence-electron chi connectivity index (χ3n) is 11.3. The van der Waals surface area contributed by atoms with E-state index in [1.807, 2.05) is 0 Å². The minimum atomic E-state index is -6.36. The van der Waals surface area contributed by atoms with Crippen molar-refractivity contribution in [2.45, 2.75) is 85.3 Å². The molecule has 4 fully saturated rings. The number of aliphatic carboxylic acids is 1. The lowest BCUT2D eigenvalue weighted by Gasteiger charge is -2.54. The van der Waals surface area contributed by atoms with Gasteiger partial charge in [0.15, 0.2) is 9.84 Å². The van der Waals surface area contributed by atoms with Crippen LogP contribution in [0.4, 0.5) is 35.1 Å².